The lowest BCUT2D eigenvalue weighted by atomic mass is 10.0. The maximum absolute atomic E-state index is 11.8. The molecule has 4 N–H and O–H groups in total. The third-order valence-electron chi connectivity index (χ3n) is 4.78. The first-order valence-corrected chi connectivity index (χ1v) is 9.28. The van der Waals surface area contributed by atoms with Crippen molar-refractivity contribution in [2.24, 2.45) is 5.73 Å². The number of anilines is 1. The second kappa shape index (κ2) is 5.85. The van der Waals surface area contributed by atoms with Crippen molar-refractivity contribution in [1.82, 2.24) is 4.98 Å². The largest absolute Gasteiger partial charge is 0.465 e. The summed E-state index contributed by atoms with van der Waals surface area (Å²) >= 11 is 1.22. The van der Waals surface area contributed by atoms with Crippen molar-refractivity contribution in [1.29, 1.82) is 0 Å². The SMILES string of the molecule is NC(=O)c1sc2nc3c(c(-c4ccco4)c2c1N)CC/C3=C\c1ccco1. The molecule has 0 saturated carbocycles. The minimum absolute atomic E-state index is 0.325. The van der Waals surface area contributed by atoms with E-state index in [1.54, 1.807) is 12.5 Å². The van der Waals surface area contributed by atoms with E-state index < -0.39 is 5.91 Å². The Morgan fingerprint density at radius 3 is 2.70 bits per heavy atom. The van der Waals surface area contributed by atoms with Gasteiger partial charge in [-0.3, -0.25) is 4.79 Å². The average Bonchev–Trinajstić information content (AvgIpc) is 3.42. The summed E-state index contributed by atoms with van der Waals surface area (Å²) in [6.07, 6.45) is 6.92. The first kappa shape index (κ1) is 15.9. The van der Waals surface area contributed by atoms with Gasteiger partial charge in [0.05, 0.1) is 23.9 Å². The molecule has 0 spiro atoms. The number of hydrogen-bond donors (Lipinski definition) is 2. The van der Waals surface area contributed by atoms with E-state index in [-0.39, 0.29) is 0 Å². The zero-order valence-corrected chi connectivity index (χ0v) is 15.0. The Kier molecular flexibility index (Phi) is 3.45. The van der Waals surface area contributed by atoms with Crippen molar-refractivity contribution in [3.63, 3.8) is 0 Å². The van der Waals surface area contributed by atoms with Crippen LogP contribution in [0, 0.1) is 0 Å². The number of nitrogens with zero attached hydrogens (tertiary/aromatic N) is 1. The molecule has 7 heteroatoms. The van der Waals surface area contributed by atoms with E-state index in [4.69, 9.17) is 25.3 Å². The number of aromatic nitrogens is 1. The van der Waals surface area contributed by atoms with Crippen LogP contribution < -0.4 is 11.5 Å². The van der Waals surface area contributed by atoms with Gasteiger partial charge in [-0.1, -0.05) is 0 Å². The molecule has 5 rings (SSSR count). The van der Waals surface area contributed by atoms with Crippen molar-refractivity contribution in [2.75, 3.05) is 5.73 Å². The summed E-state index contributed by atoms with van der Waals surface area (Å²) in [5.41, 5.74) is 16.1. The number of amides is 1. The van der Waals surface area contributed by atoms with E-state index in [2.05, 4.69) is 0 Å². The van der Waals surface area contributed by atoms with Crippen molar-refractivity contribution in [3.8, 4) is 11.3 Å². The number of hydrogen-bond acceptors (Lipinski definition) is 6. The number of pyridine rings is 1. The predicted octanol–water partition coefficient (Wildman–Crippen LogP) is 4.32. The number of fused-ring (bicyclic) bond motifs is 2. The molecular formula is C20H15N3O3S. The van der Waals surface area contributed by atoms with Gasteiger partial charge in [-0.15, -0.1) is 11.3 Å². The fourth-order valence-corrected chi connectivity index (χ4v) is 4.60. The van der Waals surface area contributed by atoms with Crippen LogP contribution in [0.3, 0.4) is 0 Å². The monoisotopic (exact) mass is 377 g/mol. The van der Waals surface area contributed by atoms with Gasteiger partial charge in [0, 0.05) is 10.9 Å². The lowest BCUT2D eigenvalue weighted by Crippen LogP contribution is -2.10. The van der Waals surface area contributed by atoms with Gasteiger partial charge >= 0.3 is 0 Å². The summed E-state index contributed by atoms with van der Waals surface area (Å²) in [6, 6.07) is 7.49. The Bertz CT molecular complexity index is 1200. The minimum Gasteiger partial charge on any atom is -0.465 e. The topological polar surface area (TPSA) is 108 Å². The molecule has 1 aliphatic carbocycles. The number of nitrogen functional groups attached to an aromatic ring is 1. The molecule has 134 valence electrons. The third-order valence-corrected chi connectivity index (χ3v) is 5.89. The second-order valence-electron chi connectivity index (χ2n) is 6.37. The Morgan fingerprint density at radius 1 is 1.19 bits per heavy atom. The molecule has 4 aromatic rings. The van der Waals surface area contributed by atoms with Crippen LogP contribution in [0.1, 0.15) is 33.1 Å². The van der Waals surface area contributed by atoms with Gasteiger partial charge in [-0.2, -0.15) is 0 Å². The molecule has 0 unspecified atom stereocenters. The predicted molar refractivity (Wildman–Crippen MR) is 105 cm³/mol. The van der Waals surface area contributed by atoms with Crippen molar-refractivity contribution >= 4 is 44.8 Å². The van der Waals surface area contributed by atoms with Crippen molar-refractivity contribution < 1.29 is 13.6 Å². The first-order valence-electron chi connectivity index (χ1n) is 8.46. The van der Waals surface area contributed by atoms with Gasteiger partial charge in [-0.05, 0) is 54.3 Å². The number of carbonyl (C=O) groups is 1. The normalized spacial score (nSPS) is 14.9. The molecule has 4 heterocycles. The van der Waals surface area contributed by atoms with Gasteiger partial charge in [-0.25, -0.2) is 4.98 Å². The highest BCUT2D eigenvalue weighted by Crippen LogP contribution is 2.46. The summed E-state index contributed by atoms with van der Waals surface area (Å²) < 4.78 is 11.1. The second-order valence-corrected chi connectivity index (χ2v) is 7.36. The molecule has 27 heavy (non-hydrogen) atoms. The highest BCUT2D eigenvalue weighted by Gasteiger charge is 2.29. The number of thiophene rings is 1. The molecular weight excluding hydrogens is 362 g/mol. The van der Waals surface area contributed by atoms with E-state index in [9.17, 15) is 4.79 Å². The zero-order chi connectivity index (χ0) is 18.5. The van der Waals surface area contributed by atoms with Gasteiger partial charge in [0.15, 0.2) is 0 Å². The van der Waals surface area contributed by atoms with Crippen LogP contribution in [0.4, 0.5) is 5.69 Å². The Labute approximate surface area is 158 Å². The number of furan rings is 2. The lowest BCUT2D eigenvalue weighted by molar-refractivity contribution is 0.100. The number of nitrogens with two attached hydrogens (primary N) is 2. The standard InChI is InChI=1S/C20H15N3O3S/c21-16-15-14(13-4-2-8-26-13)12-6-5-10(9-11-3-1-7-25-11)17(12)23-20(15)27-18(16)19(22)24/h1-4,7-9H,5-6,21H2,(H2,22,24)/b10-9+. The van der Waals surface area contributed by atoms with Crippen molar-refractivity contribution in [3.05, 3.63) is 58.7 Å². The first-order chi connectivity index (χ1) is 13.1. The summed E-state index contributed by atoms with van der Waals surface area (Å²) in [5.74, 6) is 0.939. The molecule has 6 nitrogen and oxygen atoms in total. The van der Waals surface area contributed by atoms with Gasteiger partial charge in [0.2, 0.25) is 0 Å². The Hall–Kier alpha value is -3.32. The molecule has 0 bridgehead atoms. The van der Waals surface area contributed by atoms with E-state index in [1.165, 1.54) is 11.3 Å². The minimum atomic E-state index is -0.549. The van der Waals surface area contributed by atoms with Gasteiger partial charge in [0.1, 0.15) is 21.2 Å². The van der Waals surface area contributed by atoms with Crippen LogP contribution in [0.15, 0.2) is 45.6 Å². The molecule has 0 aromatic carbocycles. The number of rotatable bonds is 3. The molecule has 1 amide bonds. The average molecular weight is 377 g/mol. The molecule has 0 fully saturated rings. The Balaban J connectivity index is 1.83. The van der Waals surface area contributed by atoms with Crippen LogP contribution in [-0.4, -0.2) is 10.9 Å². The summed E-state index contributed by atoms with van der Waals surface area (Å²) in [5, 5.41) is 0.738. The molecule has 0 atom stereocenters. The van der Waals surface area contributed by atoms with Crippen LogP contribution in [0.2, 0.25) is 0 Å². The van der Waals surface area contributed by atoms with E-state index in [1.807, 2.05) is 30.3 Å². The molecule has 1 aliphatic rings. The molecule has 0 saturated heterocycles. The Morgan fingerprint density at radius 2 is 2.00 bits per heavy atom. The summed E-state index contributed by atoms with van der Waals surface area (Å²) in [7, 11) is 0. The van der Waals surface area contributed by atoms with E-state index in [0.717, 1.165) is 46.4 Å². The van der Waals surface area contributed by atoms with Crippen LogP contribution in [-0.2, 0) is 6.42 Å². The third kappa shape index (κ3) is 2.39. The van der Waals surface area contributed by atoms with E-state index in [0.29, 0.717) is 21.2 Å². The maximum atomic E-state index is 11.8. The number of carbonyl (C=O) groups excluding carboxylic acids is 1. The highest BCUT2D eigenvalue weighted by atomic mass is 32.1. The van der Waals surface area contributed by atoms with Gasteiger partial charge in [0.25, 0.3) is 5.91 Å². The number of allylic oxidation sites excluding steroid dienone is 1. The number of primary amides is 1. The quantitative estimate of drug-likeness (QED) is 0.553. The van der Waals surface area contributed by atoms with Crippen LogP contribution in [0.25, 0.3) is 33.2 Å². The molecule has 0 aliphatic heterocycles. The summed E-state index contributed by atoms with van der Waals surface area (Å²) in [4.78, 5) is 17.6. The maximum Gasteiger partial charge on any atom is 0.260 e. The summed E-state index contributed by atoms with van der Waals surface area (Å²) in [6.45, 7) is 0. The van der Waals surface area contributed by atoms with Crippen LogP contribution >= 0.6 is 11.3 Å². The molecule has 4 aromatic heterocycles. The fourth-order valence-electron chi connectivity index (χ4n) is 3.64. The zero-order valence-electron chi connectivity index (χ0n) is 14.2. The van der Waals surface area contributed by atoms with Crippen molar-refractivity contribution in [2.45, 2.75) is 12.8 Å². The molecule has 0 radical (unpaired) electrons. The van der Waals surface area contributed by atoms with Gasteiger partial charge < -0.3 is 20.3 Å². The van der Waals surface area contributed by atoms with Crippen LogP contribution in [0.5, 0.6) is 0 Å². The smallest absolute Gasteiger partial charge is 0.260 e. The lowest BCUT2D eigenvalue weighted by Gasteiger charge is -2.09. The fraction of sp³-hybridized carbons (Fsp3) is 0.100. The van der Waals surface area contributed by atoms with E-state index >= 15 is 0 Å². The highest BCUT2D eigenvalue weighted by molar-refractivity contribution is 7.21.